The molecule has 3 aromatic carbocycles. The van der Waals surface area contributed by atoms with Gasteiger partial charge in [0.05, 0.1) is 37.8 Å². The van der Waals surface area contributed by atoms with Crippen LogP contribution in [0.1, 0.15) is 70.3 Å². The number of hydrogen-bond donors (Lipinski definition) is 2. The van der Waals surface area contributed by atoms with E-state index in [9.17, 15) is 37.1 Å². The molecule has 2 N–H and O–H groups in total. The molecule has 2 saturated heterocycles. The van der Waals surface area contributed by atoms with Gasteiger partial charge in [-0.25, -0.2) is 13.2 Å². The number of esters is 1. The summed E-state index contributed by atoms with van der Waals surface area (Å²) in [5, 5.41) is 13.8. The van der Waals surface area contributed by atoms with E-state index in [0.29, 0.717) is 40.5 Å². The van der Waals surface area contributed by atoms with Gasteiger partial charge in [0.2, 0.25) is 5.91 Å². The SMILES string of the molecule is CCOC(=O)C[C@H](NC(=O)C(c1cc(Br)ccc1F)n1cc(CCN2CC(F)C2)c(C(F)(F)F)cc1=O)c1cc(-c2c(C)cc(C3COC3)cc2O)cc(C)c1F. The van der Waals surface area contributed by atoms with E-state index in [1.54, 1.807) is 24.8 Å². The molecule has 304 valence electrons. The third-order valence-electron chi connectivity index (χ3n) is 10.2. The molecule has 2 fully saturated rings. The molecule has 9 nitrogen and oxygen atoms in total. The Morgan fingerprint density at radius 1 is 1.04 bits per heavy atom. The van der Waals surface area contributed by atoms with Gasteiger partial charge < -0.3 is 19.9 Å². The maximum atomic E-state index is 16.3. The van der Waals surface area contributed by atoms with E-state index < -0.39 is 76.6 Å². The minimum atomic E-state index is -4.98. The number of phenolic OH excluding ortho intramolecular Hbond substituents is 1. The van der Waals surface area contributed by atoms with Gasteiger partial charge in [-0.1, -0.05) is 22.0 Å². The fraction of sp³-hybridized carbons (Fsp3) is 0.390. The van der Waals surface area contributed by atoms with E-state index in [1.165, 1.54) is 31.2 Å². The highest BCUT2D eigenvalue weighted by atomic mass is 79.9. The number of halogens is 7. The standard InChI is InChI=1S/C41H40BrF6N3O6/c1-4-57-36(54)15-33(30-11-25(10-22(3)38(30)45)37-21(2)9-24(12-34(37)52)26-19-56-20-26)49-40(55)39(29-13-27(42)5-6-32(29)44)51-16-23(7-8-50-17-28(43)18-50)31(14-35(51)53)41(46,47)48/h5-6,9-14,16,26,28,33,39,52H,4,7-8,15,17-20H2,1-3H3,(H,49,55)/t33-,39?/m0/s1. The van der Waals surface area contributed by atoms with Crippen LogP contribution in [0.15, 0.2) is 64.0 Å². The summed E-state index contributed by atoms with van der Waals surface area (Å²) in [6.07, 6.45) is -6.20. The summed E-state index contributed by atoms with van der Waals surface area (Å²) in [7, 11) is 0. The predicted molar refractivity (Wildman–Crippen MR) is 202 cm³/mol. The first-order valence-electron chi connectivity index (χ1n) is 18.3. The molecule has 3 heterocycles. The summed E-state index contributed by atoms with van der Waals surface area (Å²) in [6.45, 7) is 5.75. The molecule has 0 spiro atoms. The predicted octanol–water partition coefficient (Wildman–Crippen LogP) is 7.61. The molecule has 16 heteroatoms. The minimum Gasteiger partial charge on any atom is -0.507 e. The average Bonchev–Trinajstić information content (AvgIpc) is 3.08. The lowest BCUT2D eigenvalue weighted by molar-refractivity contribution is -0.144. The number of aromatic nitrogens is 1. The summed E-state index contributed by atoms with van der Waals surface area (Å²) in [5.41, 5.74) is -1.30. The maximum absolute atomic E-state index is 16.3. The van der Waals surface area contributed by atoms with Gasteiger partial charge in [0.25, 0.3) is 5.56 Å². The molecule has 0 radical (unpaired) electrons. The zero-order valence-electron chi connectivity index (χ0n) is 31.2. The number of pyridine rings is 1. The second-order valence-corrected chi connectivity index (χ2v) is 15.3. The van der Waals surface area contributed by atoms with Gasteiger partial charge in [0.1, 0.15) is 29.6 Å². The molecule has 2 atom stereocenters. The molecule has 2 aliphatic heterocycles. The lowest BCUT2D eigenvalue weighted by atomic mass is 9.88. The Kier molecular flexibility index (Phi) is 12.5. The van der Waals surface area contributed by atoms with Crippen molar-refractivity contribution in [2.45, 2.75) is 64.0 Å². The molecular formula is C41H40BrF6N3O6. The minimum absolute atomic E-state index is 0.00709. The summed E-state index contributed by atoms with van der Waals surface area (Å²) in [6, 6.07) is 6.65. The van der Waals surface area contributed by atoms with Gasteiger partial charge in [-0.05, 0) is 91.4 Å². The van der Waals surface area contributed by atoms with Crippen molar-refractivity contribution in [1.29, 1.82) is 0 Å². The van der Waals surface area contributed by atoms with E-state index in [4.69, 9.17) is 9.47 Å². The second-order valence-electron chi connectivity index (χ2n) is 14.4. The molecule has 6 rings (SSSR count). The molecular weight excluding hydrogens is 824 g/mol. The number of ether oxygens (including phenoxy) is 2. The van der Waals surface area contributed by atoms with Gasteiger partial charge in [-0.15, -0.1) is 0 Å². The van der Waals surface area contributed by atoms with Crippen LogP contribution in [-0.4, -0.2) is 72.1 Å². The van der Waals surface area contributed by atoms with Crippen LogP contribution in [0, 0.1) is 25.5 Å². The number of likely N-dealkylation sites (tertiary alicyclic amines) is 1. The van der Waals surface area contributed by atoms with Crippen LogP contribution in [0.2, 0.25) is 0 Å². The van der Waals surface area contributed by atoms with Crippen LogP contribution in [0.4, 0.5) is 26.3 Å². The van der Waals surface area contributed by atoms with Crippen molar-refractivity contribution >= 4 is 27.8 Å². The van der Waals surface area contributed by atoms with Crippen molar-refractivity contribution in [1.82, 2.24) is 14.8 Å². The number of carbonyl (C=O) groups is 2. The Balaban J connectivity index is 1.46. The number of rotatable bonds is 13. The number of nitrogens with one attached hydrogen (secondary N) is 1. The van der Waals surface area contributed by atoms with Crippen molar-refractivity contribution < 1.29 is 50.5 Å². The van der Waals surface area contributed by atoms with Gasteiger partial charge in [-0.3, -0.25) is 23.9 Å². The second kappa shape index (κ2) is 17.0. The summed E-state index contributed by atoms with van der Waals surface area (Å²) < 4.78 is 99.7. The number of benzene rings is 3. The average molecular weight is 865 g/mol. The van der Waals surface area contributed by atoms with Crippen LogP contribution < -0.4 is 10.9 Å². The molecule has 4 aromatic rings. The fourth-order valence-corrected chi connectivity index (χ4v) is 7.65. The lowest BCUT2D eigenvalue weighted by Crippen LogP contribution is -2.49. The molecule has 57 heavy (non-hydrogen) atoms. The zero-order valence-corrected chi connectivity index (χ0v) is 32.8. The molecule has 2 aliphatic rings. The van der Waals surface area contributed by atoms with E-state index in [0.717, 1.165) is 17.8 Å². The van der Waals surface area contributed by atoms with E-state index in [-0.39, 0.29) is 59.9 Å². The zero-order chi connectivity index (χ0) is 41.3. The van der Waals surface area contributed by atoms with Gasteiger partial charge in [0.15, 0.2) is 0 Å². The van der Waals surface area contributed by atoms with Crippen molar-refractivity contribution in [3.8, 4) is 16.9 Å². The van der Waals surface area contributed by atoms with Crippen LogP contribution in [0.5, 0.6) is 5.75 Å². The van der Waals surface area contributed by atoms with Gasteiger partial charge in [0, 0.05) is 59.0 Å². The number of alkyl halides is 4. The quantitative estimate of drug-likeness (QED) is 0.105. The number of phenols is 1. The molecule has 1 amide bonds. The Labute approximate surface area is 332 Å². The largest absolute Gasteiger partial charge is 0.507 e. The van der Waals surface area contributed by atoms with Gasteiger partial charge >= 0.3 is 12.1 Å². The highest BCUT2D eigenvalue weighted by Gasteiger charge is 2.38. The molecule has 0 aliphatic carbocycles. The Hall–Kier alpha value is -4.67. The monoisotopic (exact) mass is 863 g/mol. The topological polar surface area (TPSA) is 110 Å². The first kappa shape index (κ1) is 41.9. The van der Waals surface area contributed by atoms with Crippen molar-refractivity contribution in [2.75, 3.05) is 39.5 Å². The molecule has 1 unspecified atom stereocenters. The van der Waals surface area contributed by atoms with Crippen LogP contribution in [0.3, 0.4) is 0 Å². The summed E-state index contributed by atoms with van der Waals surface area (Å²) in [5.74, 6) is -3.83. The summed E-state index contributed by atoms with van der Waals surface area (Å²) in [4.78, 5) is 42.8. The maximum Gasteiger partial charge on any atom is 0.416 e. The lowest BCUT2D eigenvalue weighted by Gasteiger charge is -2.34. The third-order valence-corrected chi connectivity index (χ3v) is 10.7. The van der Waals surface area contributed by atoms with Gasteiger partial charge in [-0.2, -0.15) is 13.2 Å². The number of aromatic hydroxyl groups is 1. The highest BCUT2D eigenvalue weighted by molar-refractivity contribution is 9.10. The molecule has 0 bridgehead atoms. The number of nitrogens with zero attached hydrogens (tertiary/aromatic N) is 2. The summed E-state index contributed by atoms with van der Waals surface area (Å²) >= 11 is 3.23. The number of hydrogen-bond acceptors (Lipinski definition) is 7. The highest BCUT2D eigenvalue weighted by Crippen LogP contribution is 2.40. The number of carbonyl (C=O) groups excluding carboxylic acids is 2. The Bertz CT molecular complexity index is 2210. The van der Waals surface area contributed by atoms with Crippen LogP contribution in [-0.2, 0) is 31.7 Å². The van der Waals surface area contributed by atoms with E-state index in [2.05, 4.69) is 21.2 Å². The van der Waals surface area contributed by atoms with Crippen molar-refractivity contribution in [3.63, 3.8) is 0 Å². The van der Waals surface area contributed by atoms with E-state index >= 15 is 8.78 Å². The molecule has 0 saturated carbocycles. The van der Waals surface area contributed by atoms with Crippen LogP contribution in [0.25, 0.3) is 11.1 Å². The number of aryl methyl sites for hydroxylation is 2. The fourth-order valence-electron chi connectivity index (χ4n) is 7.27. The smallest absolute Gasteiger partial charge is 0.416 e. The Morgan fingerprint density at radius 2 is 1.75 bits per heavy atom. The first-order valence-corrected chi connectivity index (χ1v) is 19.1. The first-order chi connectivity index (χ1) is 26.9. The van der Waals surface area contributed by atoms with Crippen molar-refractivity contribution in [2.24, 2.45) is 0 Å². The normalized spacial score (nSPS) is 16.1. The third kappa shape index (κ3) is 9.23. The van der Waals surface area contributed by atoms with Crippen LogP contribution >= 0.6 is 15.9 Å². The Morgan fingerprint density at radius 3 is 2.37 bits per heavy atom. The number of amides is 1. The molecule has 1 aromatic heterocycles. The van der Waals surface area contributed by atoms with E-state index in [1.807, 2.05) is 6.07 Å². The van der Waals surface area contributed by atoms with Crippen molar-refractivity contribution in [3.05, 3.63) is 120 Å².